The molecule has 0 heterocycles. The first-order valence-electron chi connectivity index (χ1n) is 6.42. The molecular formula is C14H10F5OPS3. The van der Waals surface area contributed by atoms with E-state index in [-0.39, 0.29) is 11.9 Å². The standard InChI is InChI=1S/C14H10F5OPS3/c15-9-10(16)12(18)14(13(19)11(9)17)24-21(23)20-6-8(22)7-4-2-1-3-5-7/h1-5,8,21-22H,6H2/t8-/m1/s1. The van der Waals surface area contributed by atoms with Gasteiger partial charge >= 0.3 is 0 Å². The van der Waals surface area contributed by atoms with E-state index < -0.39 is 40.1 Å². The van der Waals surface area contributed by atoms with Crippen LogP contribution in [0.1, 0.15) is 10.8 Å². The normalized spacial score (nSPS) is 13.8. The van der Waals surface area contributed by atoms with Crippen molar-refractivity contribution in [1.29, 1.82) is 0 Å². The van der Waals surface area contributed by atoms with E-state index in [1.54, 1.807) is 0 Å². The van der Waals surface area contributed by atoms with Gasteiger partial charge in [-0.2, -0.15) is 12.6 Å². The molecule has 1 nitrogen and oxygen atoms in total. The van der Waals surface area contributed by atoms with Crippen LogP contribution in [0, 0.1) is 29.1 Å². The molecule has 0 radical (unpaired) electrons. The molecule has 10 heteroatoms. The molecule has 0 saturated heterocycles. The molecule has 0 aromatic heterocycles. The van der Waals surface area contributed by atoms with Gasteiger partial charge in [-0.05, 0) is 5.56 Å². The van der Waals surface area contributed by atoms with E-state index in [4.69, 9.17) is 16.3 Å². The zero-order chi connectivity index (χ0) is 17.9. The lowest BCUT2D eigenvalue weighted by Gasteiger charge is -2.13. The van der Waals surface area contributed by atoms with Crippen LogP contribution in [0.3, 0.4) is 0 Å². The van der Waals surface area contributed by atoms with Crippen LogP contribution in [0.15, 0.2) is 35.2 Å². The van der Waals surface area contributed by atoms with Crippen molar-refractivity contribution in [2.24, 2.45) is 0 Å². The summed E-state index contributed by atoms with van der Waals surface area (Å²) in [6.07, 6.45) is -2.32. The van der Waals surface area contributed by atoms with Crippen LogP contribution in [-0.4, -0.2) is 6.61 Å². The van der Waals surface area contributed by atoms with Crippen molar-refractivity contribution in [2.75, 3.05) is 6.61 Å². The van der Waals surface area contributed by atoms with Gasteiger partial charge in [-0.15, -0.1) is 0 Å². The van der Waals surface area contributed by atoms with Crippen molar-refractivity contribution in [2.45, 2.75) is 10.1 Å². The van der Waals surface area contributed by atoms with Crippen molar-refractivity contribution >= 4 is 41.9 Å². The Labute approximate surface area is 150 Å². The van der Waals surface area contributed by atoms with Gasteiger partial charge in [0, 0.05) is 0 Å². The molecule has 0 aliphatic heterocycles. The number of hydrogen-bond donors (Lipinski definition) is 1. The van der Waals surface area contributed by atoms with Crippen LogP contribution in [-0.2, 0) is 16.3 Å². The smallest absolute Gasteiger partial charge is 0.200 e. The number of rotatable bonds is 6. The molecule has 24 heavy (non-hydrogen) atoms. The van der Waals surface area contributed by atoms with Crippen LogP contribution in [0.4, 0.5) is 22.0 Å². The fraction of sp³-hybridized carbons (Fsp3) is 0.143. The number of benzene rings is 2. The second-order valence-electron chi connectivity index (χ2n) is 4.49. The van der Waals surface area contributed by atoms with Crippen LogP contribution < -0.4 is 0 Å². The van der Waals surface area contributed by atoms with E-state index in [0.29, 0.717) is 11.4 Å². The summed E-state index contributed by atoms with van der Waals surface area (Å²) in [4.78, 5) is -1.02. The fourth-order valence-electron chi connectivity index (χ4n) is 1.71. The monoisotopic (exact) mass is 416 g/mol. The van der Waals surface area contributed by atoms with Crippen LogP contribution in [0.25, 0.3) is 0 Å². The summed E-state index contributed by atoms with van der Waals surface area (Å²) >= 11 is 9.62. The molecule has 0 N–H and O–H groups in total. The highest BCUT2D eigenvalue weighted by Crippen LogP contribution is 2.48. The van der Waals surface area contributed by atoms with E-state index in [9.17, 15) is 22.0 Å². The molecule has 0 aliphatic rings. The van der Waals surface area contributed by atoms with Gasteiger partial charge in [-0.25, -0.2) is 22.0 Å². The minimum absolute atomic E-state index is 0.0489. The summed E-state index contributed by atoms with van der Waals surface area (Å²) < 4.78 is 71.7. The molecule has 0 amide bonds. The largest absolute Gasteiger partial charge is 0.342 e. The molecular weight excluding hydrogens is 406 g/mol. The van der Waals surface area contributed by atoms with Crippen LogP contribution in [0.2, 0.25) is 0 Å². The Bertz CT molecular complexity index is 731. The van der Waals surface area contributed by atoms with E-state index >= 15 is 0 Å². The summed E-state index contributed by atoms with van der Waals surface area (Å²) in [6.45, 7) is 0.0489. The molecule has 0 aliphatic carbocycles. The number of thiol groups is 1. The Balaban J connectivity index is 2.06. The molecule has 0 bridgehead atoms. The number of hydrogen-bond acceptors (Lipinski definition) is 4. The topological polar surface area (TPSA) is 9.23 Å². The minimum Gasteiger partial charge on any atom is -0.342 e. The van der Waals surface area contributed by atoms with Gasteiger partial charge in [-0.3, -0.25) is 0 Å². The van der Waals surface area contributed by atoms with Crippen molar-refractivity contribution in [3.63, 3.8) is 0 Å². The molecule has 2 rings (SSSR count). The Morgan fingerprint density at radius 3 is 2.00 bits per heavy atom. The van der Waals surface area contributed by atoms with Crippen LogP contribution in [0.5, 0.6) is 0 Å². The number of halogens is 5. The first-order valence-corrected chi connectivity index (χ1v) is 11.0. The summed E-state index contributed by atoms with van der Waals surface area (Å²) in [5.41, 5.74) is 0.854. The third kappa shape index (κ3) is 4.52. The minimum atomic E-state index is -2.32. The van der Waals surface area contributed by atoms with E-state index in [1.807, 2.05) is 30.3 Å². The van der Waals surface area contributed by atoms with Gasteiger partial charge in [0.2, 0.25) is 5.82 Å². The lowest BCUT2D eigenvalue weighted by molar-refractivity contribution is 0.360. The summed E-state index contributed by atoms with van der Waals surface area (Å²) in [5.74, 6) is -10.0. The predicted molar refractivity (Wildman–Crippen MR) is 91.9 cm³/mol. The molecule has 0 spiro atoms. The zero-order valence-corrected chi connectivity index (χ0v) is 15.3. The van der Waals surface area contributed by atoms with Gasteiger partial charge in [0.1, 0.15) is 6.13 Å². The Hall–Kier alpha value is -0.600. The second kappa shape index (κ2) is 8.67. The summed E-state index contributed by atoms with van der Waals surface area (Å²) in [6, 6.07) is 9.07. The predicted octanol–water partition coefficient (Wildman–Crippen LogP) is 5.67. The SMILES string of the molecule is Fc1c(F)c(F)c(S[PH](=S)OC[C@@H](S)c2ccccc2)c(F)c1F. The lowest BCUT2D eigenvalue weighted by atomic mass is 10.2. The van der Waals surface area contributed by atoms with Crippen molar-refractivity contribution in [1.82, 2.24) is 0 Å². The van der Waals surface area contributed by atoms with Gasteiger partial charge in [0.25, 0.3) is 0 Å². The molecule has 0 fully saturated rings. The molecule has 2 aromatic carbocycles. The van der Waals surface area contributed by atoms with Crippen molar-refractivity contribution < 1.29 is 26.5 Å². The Morgan fingerprint density at radius 2 is 1.46 bits per heavy atom. The van der Waals surface area contributed by atoms with Gasteiger partial charge < -0.3 is 4.52 Å². The maximum atomic E-state index is 13.6. The molecule has 2 aromatic rings. The molecule has 2 atom stereocenters. The summed E-state index contributed by atoms with van der Waals surface area (Å²) in [5, 5.41) is -0.328. The maximum absolute atomic E-state index is 13.6. The van der Waals surface area contributed by atoms with Gasteiger partial charge in [0.15, 0.2) is 23.3 Å². The van der Waals surface area contributed by atoms with Crippen LogP contribution >= 0.6 is 30.1 Å². The first-order chi connectivity index (χ1) is 11.3. The second-order valence-corrected chi connectivity index (χ2v) is 10.1. The van der Waals surface area contributed by atoms with Gasteiger partial charge in [0.05, 0.1) is 16.8 Å². The van der Waals surface area contributed by atoms with Crippen molar-refractivity contribution in [3.05, 3.63) is 65.0 Å². The zero-order valence-electron chi connectivity index (χ0n) is 11.7. The lowest BCUT2D eigenvalue weighted by Crippen LogP contribution is -2.03. The molecule has 0 saturated carbocycles. The van der Waals surface area contributed by atoms with Gasteiger partial charge in [-0.1, -0.05) is 53.5 Å². The third-order valence-corrected chi connectivity index (χ3v) is 7.05. The Kier molecular flexibility index (Phi) is 7.12. The average Bonchev–Trinajstić information content (AvgIpc) is 2.60. The average molecular weight is 416 g/mol. The summed E-state index contributed by atoms with van der Waals surface area (Å²) in [7, 11) is 0. The highest BCUT2D eigenvalue weighted by Gasteiger charge is 2.26. The fourth-order valence-corrected chi connectivity index (χ4v) is 5.35. The first kappa shape index (κ1) is 19.7. The highest BCUT2D eigenvalue weighted by atomic mass is 32.9. The van der Waals surface area contributed by atoms with E-state index in [1.165, 1.54) is 0 Å². The highest BCUT2D eigenvalue weighted by molar-refractivity contribution is 8.62. The maximum Gasteiger partial charge on any atom is 0.200 e. The Morgan fingerprint density at radius 1 is 0.958 bits per heavy atom. The third-order valence-electron chi connectivity index (χ3n) is 2.90. The van der Waals surface area contributed by atoms with E-state index in [0.717, 1.165) is 5.56 Å². The van der Waals surface area contributed by atoms with E-state index in [2.05, 4.69) is 12.6 Å². The molecule has 130 valence electrons. The van der Waals surface area contributed by atoms with Crippen molar-refractivity contribution in [3.8, 4) is 0 Å². The molecule has 1 unspecified atom stereocenters. The quantitative estimate of drug-likeness (QED) is 0.214.